The fraction of sp³-hybridized carbons (Fsp3) is 0.389. The van der Waals surface area contributed by atoms with Crippen LogP contribution in [0.4, 0.5) is 5.82 Å². The third-order valence-corrected chi connectivity index (χ3v) is 4.16. The van der Waals surface area contributed by atoms with Gasteiger partial charge in [0.2, 0.25) is 0 Å². The van der Waals surface area contributed by atoms with Gasteiger partial charge in [0.15, 0.2) is 0 Å². The molecule has 2 aromatic rings. The molecule has 0 aliphatic heterocycles. The quantitative estimate of drug-likeness (QED) is 0.736. The van der Waals surface area contributed by atoms with Gasteiger partial charge in [-0.05, 0) is 42.5 Å². The minimum atomic E-state index is 0.248. The van der Waals surface area contributed by atoms with Crippen LogP contribution < -0.4 is 10.6 Å². The van der Waals surface area contributed by atoms with Crippen molar-refractivity contribution in [3.8, 4) is 0 Å². The van der Waals surface area contributed by atoms with Crippen molar-refractivity contribution in [2.75, 3.05) is 25.0 Å². The Hall–Kier alpha value is -1.52. The van der Waals surface area contributed by atoms with Gasteiger partial charge in [-0.2, -0.15) is 12.6 Å². The molecule has 0 amide bonds. The first-order valence-electron chi connectivity index (χ1n) is 7.77. The first-order chi connectivity index (χ1) is 10.7. The average Bonchev–Trinajstić information content (AvgIpc) is 2.57. The summed E-state index contributed by atoms with van der Waals surface area (Å²) in [5.41, 5.74) is 8.29. The van der Waals surface area contributed by atoms with Crippen molar-refractivity contribution in [1.29, 1.82) is 0 Å². The molecular formula is C18H25N3S. The van der Waals surface area contributed by atoms with Crippen molar-refractivity contribution < 1.29 is 0 Å². The second-order valence-corrected chi connectivity index (χ2v) is 6.35. The molecule has 2 N–H and O–H groups in total. The van der Waals surface area contributed by atoms with Crippen LogP contribution in [0.5, 0.6) is 0 Å². The Balaban J connectivity index is 1.77. The third-order valence-electron chi connectivity index (χ3n) is 3.77. The highest BCUT2D eigenvalue weighted by atomic mass is 32.1. The fourth-order valence-electron chi connectivity index (χ4n) is 2.41. The van der Waals surface area contributed by atoms with Crippen molar-refractivity contribution in [2.24, 2.45) is 5.73 Å². The van der Waals surface area contributed by atoms with Gasteiger partial charge in [0.1, 0.15) is 5.82 Å². The van der Waals surface area contributed by atoms with E-state index in [1.165, 1.54) is 11.1 Å². The molecule has 0 fully saturated rings. The summed E-state index contributed by atoms with van der Waals surface area (Å²) in [5, 5.41) is 0.248. The van der Waals surface area contributed by atoms with E-state index in [2.05, 4.69) is 53.8 Å². The van der Waals surface area contributed by atoms with Crippen LogP contribution in [0.2, 0.25) is 0 Å². The summed E-state index contributed by atoms with van der Waals surface area (Å²) in [5.74, 6) is 1.03. The SMILES string of the molecule is CN(CCCc1ccc(CC(S)CN)cc1)c1ccccn1. The van der Waals surface area contributed by atoms with Crippen LogP contribution in [-0.4, -0.2) is 30.4 Å². The largest absolute Gasteiger partial charge is 0.360 e. The summed E-state index contributed by atoms with van der Waals surface area (Å²) in [4.78, 5) is 6.56. The summed E-state index contributed by atoms with van der Waals surface area (Å²) in [6, 6.07) is 14.8. The lowest BCUT2D eigenvalue weighted by atomic mass is 10.0. The van der Waals surface area contributed by atoms with E-state index >= 15 is 0 Å². The highest BCUT2D eigenvalue weighted by Crippen LogP contribution is 2.12. The summed E-state index contributed by atoms with van der Waals surface area (Å²) >= 11 is 4.44. The normalized spacial score (nSPS) is 12.1. The molecule has 0 radical (unpaired) electrons. The van der Waals surface area contributed by atoms with Crippen LogP contribution in [0.1, 0.15) is 17.5 Å². The van der Waals surface area contributed by atoms with E-state index in [1.807, 2.05) is 24.4 Å². The number of anilines is 1. The monoisotopic (exact) mass is 315 g/mol. The predicted molar refractivity (Wildman–Crippen MR) is 97.8 cm³/mol. The number of benzene rings is 1. The van der Waals surface area contributed by atoms with Gasteiger partial charge in [-0.15, -0.1) is 0 Å². The van der Waals surface area contributed by atoms with Gasteiger partial charge >= 0.3 is 0 Å². The Kier molecular flexibility index (Phi) is 6.74. The molecule has 0 bridgehead atoms. The minimum absolute atomic E-state index is 0.248. The Morgan fingerprint density at radius 1 is 1.14 bits per heavy atom. The van der Waals surface area contributed by atoms with Crippen molar-refractivity contribution in [3.63, 3.8) is 0 Å². The molecule has 0 aliphatic rings. The Bertz CT molecular complexity index is 542. The molecule has 4 heteroatoms. The number of aromatic nitrogens is 1. The first-order valence-corrected chi connectivity index (χ1v) is 8.29. The molecule has 0 spiro atoms. The van der Waals surface area contributed by atoms with Gasteiger partial charge in [0.25, 0.3) is 0 Å². The smallest absolute Gasteiger partial charge is 0.128 e. The number of hydrogen-bond acceptors (Lipinski definition) is 4. The molecule has 0 saturated heterocycles. The number of thiol groups is 1. The molecule has 1 unspecified atom stereocenters. The summed E-state index contributed by atoms with van der Waals surface area (Å²) in [6.45, 7) is 1.62. The van der Waals surface area contributed by atoms with Crippen molar-refractivity contribution in [2.45, 2.75) is 24.5 Å². The topological polar surface area (TPSA) is 42.1 Å². The number of hydrogen-bond donors (Lipinski definition) is 2. The van der Waals surface area contributed by atoms with Gasteiger partial charge in [0.05, 0.1) is 0 Å². The lowest BCUT2D eigenvalue weighted by molar-refractivity contribution is 0.776. The Labute approximate surface area is 139 Å². The molecule has 1 aromatic heterocycles. The van der Waals surface area contributed by atoms with Crippen LogP contribution in [0.3, 0.4) is 0 Å². The van der Waals surface area contributed by atoms with Gasteiger partial charge in [-0.1, -0.05) is 30.3 Å². The molecular weight excluding hydrogens is 290 g/mol. The molecule has 1 heterocycles. The van der Waals surface area contributed by atoms with E-state index in [9.17, 15) is 0 Å². The van der Waals surface area contributed by atoms with E-state index in [-0.39, 0.29) is 5.25 Å². The van der Waals surface area contributed by atoms with Crippen LogP contribution >= 0.6 is 12.6 Å². The van der Waals surface area contributed by atoms with Crippen LogP contribution in [0.15, 0.2) is 48.7 Å². The minimum Gasteiger partial charge on any atom is -0.360 e. The van der Waals surface area contributed by atoms with Crippen LogP contribution in [-0.2, 0) is 12.8 Å². The predicted octanol–water partition coefficient (Wildman–Crippen LogP) is 2.95. The lowest BCUT2D eigenvalue weighted by Crippen LogP contribution is -2.19. The number of pyridine rings is 1. The maximum absolute atomic E-state index is 5.61. The Morgan fingerprint density at radius 3 is 2.50 bits per heavy atom. The maximum Gasteiger partial charge on any atom is 0.128 e. The zero-order valence-corrected chi connectivity index (χ0v) is 14.0. The summed E-state index contributed by atoms with van der Waals surface area (Å²) in [6.07, 6.45) is 4.96. The first kappa shape index (κ1) is 16.8. The molecule has 1 aromatic carbocycles. The van der Waals surface area contributed by atoms with Crippen molar-refractivity contribution >= 4 is 18.4 Å². The lowest BCUT2D eigenvalue weighted by Gasteiger charge is -2.17. The number of aryl methyl sites for hydroxylation is 1. The van der Waals surface area contributed by atoms with Gasteiger partial charge in [-0.3, -0.25) is 0 Å². The average molecular weight is 315 g/mol. The third kappa shape index (κ3) is 5.35. The number of nitrogens with two attached hydrogens (primary N) is 1. The van der Waals surface area contributed by atoms with E-state index in [0.717, 1.165) is 31.6 Å². The molecule has 3 nitrogen and oxygen atoms in total. The summed E-state index contributed by atoms with van der Waals surface area (Å²) in [7, 11) is 2.09. The van der Waals surface area contributed by atoms with Gasteiger partial charge in [0, 0.05) is 31.6 Å². The van der Waals surface area contributed by atoms with Crippen molar-refractivity contribution in [3.05, 3.63) is 59.8 Å². The fourth-order valence-corrected chi connectivity index (χ4v) is 2.62. The number of nitrogens with zero attached hydrogens (tertiary/aromatic N) is 2. The molecule has 22 heavy (non-hydrogen) atoms. The van der Waals surface area contributed by atoms with E-state index < -0.39 is 0 Å². The van der Waals surface area contributed by atoms with Crippen LogP contribution in [0.25, 0.3) is 0 Å². The number of rotatable bonds is 8. The molecule has 0 aliphatic carbocycles. The van der Waals surface area contributed by atoms with Crippen molar-refractivity contribution in [1.82, 2.24) is 4.98 Å². The second kappa shape index (κ2) is 8.81. The molecule has 0 saturated carbocycles. The molecule has 118 valence electrons. The molecule has 1 atom stereocenters. The molecule has 2 rings (SSSR count). The zero-order chi connectivity index (χ0) is 15.8. The highest BCUT2D eigenvalue weighted by molar-refractivity contribution is 7.81. The van der Waals surface area contributed by atoms with E-state index in [1.54, 1.807) is 0 Å². The highest BCUT2D eigenvalue weighted by Gasteiger charge is 2.03. The standard InChI is InChI=1S/C18H25N3S/c1-21(18-6-2-3-11-20-18)12-4-5-15-7-9-16(10-8-15)13-17(22)14-19/h2-3,6-11,17,22H,4-5,12-14,19H2,1H3. The van der Waals surface area contributed by atoms with E-state index in [4.69, 9.17) is 5.73 Å². The second-order valence-electron chi connectivity index (χ2n) is 5.62. The summed E-state index contributed by atoms with van der Waals surface area (Å²) < 4.78 is 0. The Morgan fingerprint density at radius 2 is 1.86 bits per heavy atom. The maximum atomic E-state index is 5.61. The van der Waals surface area contributed by atoms with E-state index in [0.29, 0.717) is 6.54 Å². The van der Waals surface area contributed by atoms with Crippen LogP contribution in [0, 0.1) is 0 Å². The zero-order valence-electron chi connectivity index (χ0n) is 13.2. The van der Waals surface area contributed by atoms with Gasteiger partial charge in [-0.25, -0.2) is 4.98 Å². The van der Waals surface area contributed by atoms with Gasteiger partial charge < -0.3 is 10.6 Å².